The molecule has 17 heavy (non-hydrogen) atoms. The van der Waals surface area contributed by atoms with Crippen molar-refractivity contribution in [1.82, 2.24) is 5.32 Å². The number of carbonyl (C=O) groups excluding carboxylic acids is 2. The van der Waals surface area contributed by atoms with E-state index in [2.05, 4.69) is 5.32 Å². The number of carboxylic acids is 1. The molecule has 0 radical (unpaired) electrons. The molecule has 1 aromatic rings. The topological polar surface area (TPSA) is 69.2 Å². The molecule has 0 spiro atoms. The Morgan fingerprint density at radius 3 is 2.53 bits per heavy atom. The van der Waals surface area contributed by atoms with Crippen LogP contribution < -0.4 is 10.4 Å². The second-order valence-corrected chi connectivity index (χ2v) is 4.60. The summed E-state index contributed by atoms with van der Waals surface area (Å²) in [5, 5.41) is 13.1. The van der Waals surface area contributed by atoms with E-state index in [4.69, 9.17) is 0 Å². The Morgan fingerprint density at radius 2 is 2.00 bits per heavy atom. The van der Waals surface area contributed by atoms with Gasteiger partial charge in [-0.05, 0) is 5.56 Å². The minimum atomic E-state index is -1.25. The van der Waals surface area contributed by atoms with E-state index in [9.17, 15) is 14.7 Å². The molecular weight excluding hydrogens is 238 g/mol. The predicted octanol–water partition coefficient (Wildman–Crippen LogP) is 0.174. The van der Waals surface area contributed by atoms with Crippen molar-refractivity contribution in [1.29, 1.82) is 0 Å². The quantitative estimate of drug-likeness (QED) is 0.784. The zero-order valence-corrected chi connectivity index (χ0v) is 10.3. The first-order valence-electron chi connectivity index (χ1n) is 5.19. The zero-order chi connectivity index (χ0) is 12.7. The minimum Gasteiger partial charge on any atom is -0.548 e. The molecule has 0 aromatic heterocycles. The lowest BCUT2D eigenvalue weighted by molar-refractivity contribution is -0.307. The number of rotatable bonds is 6. The van der Waals surface area contributed by atoms with Crippen LogP contribution in [0.15, 0.2) is 30.3 Å². The van der Waals surface area contributed by atoms with Gasteiger partial charge in [0, 0.05) is 18.4 Å². The number of nitrogens with one attached hydrogen (secondary N) is 1. The van der Waals surface area contributed by atoms with Crippen LogP contribution in [0.2, 0.25) is 0 Å². The molecule has 0 aliphatic rings. The lowest BCUT2D eigenvalue weighted by Crippen LogP contribution is -2.48. The number of carboxylic acid groups (broad SMARTS) is 1. The monoisotopic (exact) mass is 252 g/mol. The van der Waals surface area contributed by atoms with Crippen LogP contribution in [-0.4, -0.2) is 23.7 Å². The van der Waals surface area contributed by atoms with E-state index in [1.54, 1.807) is 0 Å². The summed E-state index contributed by atoms with van der Waals surface area (Å²) >= 11 is 1.45. The molecule has 1 N–H and O–H groups in total. The molecule has 1 rings (SSSR count). The van der Waals surface area contributed by atoms with Crippen molar-refractivity contribution in [2.24, 2.45) is 0 Å². The number of benzene rings is 1. The molecule has 0 heterocycles. The second-order valence-electron chi connectivity index (χ2n) is 3.57. The summed E-state index contributed by atoms with van der Waals surface area (Å²) in [6.45, 7) is 1.29. The van der Waals surface area contributed by atoms with Gasteiger partial charge in [0.05, 0.1) is 12.0 Å². The van der Waals surface area contributed by atoms with Gasteiger partial charge in [-0.1, -0.05) is 30.3 Å². The van der Waals surface area contributed by atoms with Crippen molar-refractivity contribution >= 4 is 23.6 Å². The molecule has 0 bridgehead atoms. The highest BCUT2D eigenvalue weighted by molar-refractivity contribution is 7.98. The minimum absolute atomic E-state index is 0.302. The first-order valence-corrected chi connectivity index (χ1v) is 6.34. The Kier molecular flexibility index (Phi) is 5.56. The molecule has 0 aliphatic heterocycles. The van der Waals surface area contributed by atoms with Gasteiger partial charge in [0.15, 0.2) is 0 Å². The fourth-order valence-electron chi connectivity index (χ4n) is 1.28. The van der Waals surface area contributed by atoms with E-state index in [0.717, 1.165) is 5.56 Å². The molecule has 1 amide bonds. The normalized spacial score (nSPS) is 11.8. The SMILES string of the molecule is CC(=O)N[C@@H](CSCc1ccccc1)C(=O)[O-]. The van der Waals surface area contributed by atoms with E-state index in [1.165, 1.54) is 18.7 Å². The average Bonchev–Trinajstić information content (AvgIpc) is 2.28. The molecule has 92 valence electrons. The molecule has 4 nitrogen and oxygen atoms in total. The van der Waals surface area contributed by atoms with E-state index in [0.29, 0.717) is 11.5 Å². The van der Waals surface area contributed by atoms with Crippen LogP contribution in [0.3, 0.4) is 0 Å². The van der Waals surface area contributed by atoms with E-state index in [-0.39, 0.29) is 5.91 Å². The summed E-state index contributed by atoms with van der Waals surface area (Å²) in [5.74, 6) is -0.596. The predicted molar refractivity (Wildman–Crippen MR) is 65.2 cm³/mol. The molecule has 0 unspecified atom stereocenters. The van der Waals surface area contributed by atoms with Crippen molar-refractivity contribution in [3.05, 3.63) is 35.9 Å². The largest absolute Gasteiger partial charge is 0.548 e. The molecular formula is C12H14NO3S-. The first kappa shape index (κ1) is 13.6. The number of amides is 1. The van der Waals surface area contributed by atoms with E-state index < -0.39 is 12.0 Å². The smallest absolute Gasteiger partial charge is 0.217 e. The second kappa shape index (κ2) is 6.96. The summed E-state index contributed by atoms with van der Waals surface area (Å²) < 4.78 is 0. The number of hydrogen-bond donors (Lipinski definition) is 1. The number of carbonyl (C=O) groups is 2. The van der Waals surface area contributed by atoms with Gasteiger partial charge < -0.3 is 15.2 Å². The van der Waals surface area contributed by atoms with Crippen LogP contribution in [0, 0.1) is 0 Å². The molecule has 0 saturated carbocycles. The van der Waals surface area contributed by atoms with Crippen molar-refractivity contribution in [3.8, 4) is 0 Å². The van der Waals surface area contributed by atoms with Crippen LogP contribution in [0.1, 0.15) is 12.5 Å². The Hall–Kier alpha value is -1.49. The highest BCUT2D eigenvalue weighted by atomic mass is 32.2. The standard InChI is InChI=1S/C12H15NO3S/c1-9(14)13-11(12(15)16)8-17-7-10-5-3-2-4-6-10/h2-6,11H,7-8H2,1H3,(H,13,14)(H,15,16)/p-1/t11-/m0/s1. The summed E-state index contributed by atoms with van der Waals surface area (Å²) in [6, 6.07) is 8.80. The molecule has 5 heteroatoms. The molecule has 0 aliphatic carbocycles. The van der Waals surface area contributed by atoms with Crippen molar-refractivity contribution in [2.75, 3.05) is 5.75 Å². The van der Waals surface area contributed by atoms with Gasteiger partial charge >= 0.3 is 0 Å². The Balaban J connectivity index is 2.37. The third-order valence-corrected chi connectivity index (χ3v) is 3.16. The third kappa shape index (κ3) is 5.40. The van der Waals surface area contributed by atoms with Crippen LogP contribution in [-0.2, 0) is 15.3 Å². The van der Waals surface area contributed by atoms with Gasteiger partial charge in [-0.25, -0.2) is 0 Å². The molecule has 0 fully saturated rings. The highest BCUT2D eigenvalue weighted by Gasteiger charge is 2.10. The van der Waals surface area contributed by atoms with Crippen LogP contribution in [0.25, 0.3) is 0 Å². The van der Waals surface area contributed by atoms with E-state index in [1.807, 2.05) is 30.3 Å². The molecule has 1 atom stereocenters. The Bertz CT molecular complexity index is 381. The molecule has 1 aromatic carbocycles. The summed E-state index contributed by atoms with van der Waals surface area (Å²) in [7, 11) is 0. The number of hydrogen-bond acceptors (Lipinski definition) is 4. The lowest BCUT2D eigenvalue weighted by Gasteiger charge is -2.18. The summed E-state index contributed by atoms with van der Waals surface area (Å²) in [5.41, 5.74) is 1.12. The zero-order valence-electron chi connectivity index (χ0n) is 9.51. The van der Waals surface area contributed by atoms with Crippen molar-refractivity contribution in [3.63, 3.8) is 0 Å². The van der Waals surface area contributed by atoms with Gasteiger partial charge in [0.1, 0.15) is 0 Å². The lowest BCUT2D eigenvalue weighted by atomic mass is 10.2. The van der Waals surface area contributed by atoms with Crippen LogP contribution in [0.4, 0.5) is 0 Å². The van der Waals surface area contributed by atoms with Gasteiger partial charge in [0.2, 0.25) is 5.91 Å². The maximum atomic E-state index is 10.8. The average molecular weight is 252 g/mol. The number of aliphatic carboxylic acids is 1. The van der Waals surface area contributed by atoms with Crippen LogP contribution >= 0.6 is 11.8 Å². The van der Waals surface area contributed by atoms with Gasteiger partial charge in [0.25, 0.3) is 0 Å². The summed E-state index contributed by atoms with van der Waals surface area (Å²) in [4.78, 5) is 21.5. The Labute approximate surface area is 104 Å². The Morgan fingerprint density at radius 1 is 1.35 bits per heavy atom. The molecule has 0 saturated heterocycles. The van der Waals surface area contributed by atoms with Gasteiger partial charge in [-0.2, -0.15) is 11.8 Å². The number of thioether (sulfide) groups is 1. The van der Waals surface area contributed by atoms with Crippen molar-refractivity contribution < 1.29 is 14.7 Å². The maximum Gasteiger partial charge on any atom is 0.217 e. The van der Waals surface area contributed by atoms with Crippen LogP contribution in [0.5, 0.6) is 0 Å². The van der Waals surface area contributed by atoms with E-state index >= 15 is 0 Å². The first-order chi connectivity index (χ1) is 8.09. The summed E-state index contributed by atoms with van der Waals surface area (Å²) in [6.07, 6.45) is 0. The maximum absolute atomic E-state index is 10.8. The third-order valence-electron chi connectivity index (χ3n) is 2.06. The highest BCUT2D eigenvalue weighted by Crippen LogP contribution is 2.12. The van der Waals surface area contributed by atoms with Gasteiger partial charge in [-0.15, -0.1) is 0 Å². The van der Waals surface area contributed by atoms with Gasteiger partial charge in [-0.3, -0.25) is 4.79 Å². The fraction of sp³-hybridized carbons (Fsp3) is 0.333. The van der Waals surface area contributed by atoms with Crippen molar-refractivity contribution in [2.45, 2.75) is 18.7 Å². The fourth-order valence-corrected chi connectivity index (χ4v) is 2.28.